The van der Waals surface area contributed by atoms with Crippen molar-refractivity contribution in [1.29, 1.82) is 0 Å². The molecule has 1 saturated heterocycles. The highest BCUT2D eigenvalue weighted by Crippen LogP contribution is 2.51. The molecule has 25 heavy (non-hydrogen) atoms. The lowest BCUT2D eigenvalue weighted by Gasteiger charge is -2.12. The molecule has 0 spiro atoms. The first-order valence-electron chi connectivity index (χ1n) is 7.88. The molecule has 3 unspecified atom stereocenters. The zero-order valence-electron chi connectivity index (χ0n) is 13.2. The van der Waals surface area contributed by atoms with E-state index in [1.54, 1.807) is 18.2 Å². The molecule has 0 radical (unpaired) electrons. The van der Waals surface area contributed by atoms with Crippen LogP contribution >= 0.6 is 0 Å². The van der Waals surface area contributed by atoms with Crippen LogP contribution in [0.25, 0.3) is 21.9 Å². The second-order valence-corrected chi connectivity index (χ2v) is 6.20. The Balaban J connectivity index is 1.93. The molecule has 7 nitrogen and oxygen atoms in total. The number of fused-ring (bicyclic) bond motifs is 6. The van der Waals surface area contributed by atoms with Gasteiger partial charge in [0.25, 0.3) is 0 Å². The van der Waals surface area contributed by atoms with Gasteiger partial charge >= 0.3 is 0 Å². The van der Waals surface area contributed by atoms with E-state index in [9.17, 15) is 15.0 Å². The van der Waals surface area contributed by atoms with Crippen LogP contribution in [0.1, 0.15) is 17.9 Å². The van der Waals surface area contributed by atoms with Crippen LogP contribution in [-0.2, 0) is 4.74 Å². The van der Waals surface area contributed by atoms with Gasteiger partial charge in [-0.05, 0) is 12.1 Å². The van der Waals surface area contributed by atoms with Crippen molar-refractivity contribution in [2.45, 2.75) is 24.9 Å². The molecular weight excluding hydrogens is 328 g/mol. The number of hydrogen-bond donors (Lipinski definition) is 2. The number of phenols is 1. The van der Waals surface area contributed by atoms with Crippen molar-refractivity contribution in [2.75, 3.05) is 7.11 Å². The predicted molar refractivity (Wildman–Crippen MR) is 87.1 cm³/mol. The number of benzene rings is 2. The van der Waals surface area contributed by atoms with Gasteiger partial charge in [0, 0.05) is 18.1 Å². The molecule has 0 bridgehead atoms. The molecule has 1 fully saturated rings. The van der Waals surface area contributed by atoms with Crippen LogP contribution in [0, 0.1) is 0 Å². The van der Waals surface area contributed by atoms with Gasteiger partial charge in [0.05, 0.1) is 13.0 Å². The second-order valence-electron chi connectivity index (χ2n) is 6.20. The third-order valence-corrected chi connectivity index (χ3v) is 4.83. The lowest BCUT2D eigenvalue weighted by molar-refractivity contribution is -0.147. The average Bonchev–Trinajstić information content (AvgIpc) is 3.09. The van der Waals surface area contributed by atoms with Crippen molar-refractivity contribution in [2.24, 2.45) is 0 Å². The van der Waals surface area contributed by atoms with Crippen molar-refractivity contribution in [3.05, 3.63) is 40.1 Å². The Bertz CT molecular complexity index is 1080. The van der Waals surface area contributed by atoms with E-state index in [2.05, 4.69) is 0 Å². The second kappa shape index (κ2) is 4.87. The molecule has 3 atom stereocenters. The Morgan fingerprint density at radius 1 is 1.28 bits per heavy atom. The zero-order chi connectivity index (χ0) is 17.3. The van der Waals surface area contributed by atoms with Gasteiger partial charge in [-0.1, -0.05) is 6.07 Å². The number of phenolic OH excluding ortho intramolecular Hbond substituents is 1. The summed E-state index contributed by atoms with van der Waals surface area (Å²) in [5.74, 6) is 0.419. The largest absolute Gasteiger partial charge is 0.507 e. The number of aliphatic hydroxyl groups is 1. The van der Waals surface area contributed by atoms with E-state index >= 15 is 0 Å². The lowest BCUT2D eigenvalue weighted by Crippen LogP contribution is -2.16. The number of hydrogen-bond acceptors (Lipinski definition) is 7. The van der Waals surface area contributed by atoms with Crippen LogP contribution in [0.3, 0.4) is 0 Å². The summed E-state index contributed by atoms with van der Waals surface area (Å²) in [7, 11) is 1.45. The van der Waals surface area contributed by atoms with E-state index in [0.29, 0.717) is 29.1 Å². The molecule has 2 aliphatic rings. The smallest absolute Gasteiger partial charge is 0.209 e. The van der Waals surface area contributed by atoms with Gasteiger partial charge in [0.2, 0.25) is 11.7 Å². The normalized spacial score (nSPS) is 24.3. The quantitative estimate of drug-likeness (QED) is 0.654. The third kappa shape index (κ3) is 1.85. The Morgan fingerprint density at radius 3 is 2.92 bits per heavy atom. The summed E-state index contributed by atoms with van der Waals surface area (Å²) in [6.07, 6.45) is -1.19. The Kier molecular flexibility index (Phi) is 2.84. The molecule has 128 valence electrons. The zero-order valence-corrected chi connectivity index (χ0v) is 13.2. The first-order chi connectivity index (χ1) is 12.1. The number of aliphatic hydroxyl groups excluding tert-OH is 1. The van der Waals surface area contributed by atoms with Crippen LogP contribution in [-0.4, -0.2) is 29.9 Å². The van der Waals surface area contributed by atoms with E-state index in [4.69, 9.17) is 18.6 Å². The number of aromatic hydroxyl groups is 1. The van der Waals surface area contributed by atoms with Crippen LogP contribution in [0.4, 0.5) is 0 Å². The highest BCUT2D eigenvalue weighted by atomic mass is 16.7. The molecule has 0 amide bonds. The average molecular weight is 342 g/mol. The molecule has 3 aromatic rings. The molecular formula is C18H14O7. The third-order valence-electron chi connectivity index (χ3n) is 4.83. The summed E-state index contributed by atoms with van der Waals surface area (Å²) in [4.78, 5) is 13.0. The molecule has 5 rings (SSSR count). The standard InChI is InChI=1S/C18H14O7/c1-22-10-6-11-13(7-5-12(20)25-18(7)24-11)17-15(10)16(21)14-8(19)3-2-4-9(14)23-17/h2-4,6-7,12,18-20H,5H2,1H3. The predicted octanol–water partition coefficient (Wildman–Crippen LogP) is 2.20. The maximum Gasteiger partial charge on any atom is 0.209 e. The van der Waals surface area contributed by atoms with Crippen molar-refractivity contribution in [3.63, 3.8) is 0 Å². The van der Waals surface area contributed by atoms with Gasteiger partial charge in [-0.3, -0.25) is 4.79 Å². The van der Waals surface area contributed by atoms with E-state index in [1.807, 2.05) is 0 Å². The van der Waals surface area contributed by atoms with Gasteiger partial charge < -0.3 is 28.8 Å². The number of ether oxygens (including phenoxy) is 3. The summed E-state index contributed by atoms with van der Waals surface area (Å²) in [6, 6.07) is 6.28. The fraction of sp³-hybridized carbons (Fsp3) is 0.278. The van der Waals surface area contributed by atoms with Crippen molar-refractivity contribution in [3.8, 4) is 17.2 Å². The van der Waals surface area contributed by atoms with E-state index < -0.39 is 12.6 Å². The van der Waals surface area contributed by atoms with Gasteiger partial charge in [-0.25, -0.2) is 0 Å². The highest BCUT2D eigenvalue weighted by Gasteiger charge is 2.46. The molecule has 2 aromatic carbocycles. The first-order valence-corrected chi connectivity index (χ1v) is 7.88. The number of methoxy groups -OCH3 is 1. The highest BCUT2D eigenvalue weighted by molar-refractivity contribution is 5.98. The molecule has 3 heterocycles. The summed E-state index contributed by atoms with van der Waals surface area (Å²) >= 11 is 0. The van der Waals surface area contributed by atoms with Crippen molar-refractivity contribution < 1.29 is 28.8 Å². The van der Waals surface area contributed by atoms with Crippen molar-refractivity contribution in [1.82, 2.24) is 0 Å². The van der Waals surface area contributed by atoms with Gasteiger partial charge in [0.1, 0.15) is 39.2 Å². The molecule has 2 N–H and O–H groups in total. The van der Waals surface area contributed by atoms with E-state index in [0.717, 1.165) is 0 Å². The molecule has 1 aromatic heterocycles. The summed E-state index contributed by atoms with van der Waals surface area (Å²) in [5, 5.41) is 20.2. The lowest BCUT2D eigenvalue weighted by atomic mass is 9.95. The van der Waals surface area contributed by atoms with Crippen LogP contribution < -0.4 is 14.9 Å². The minimum absolute atomic E-state index is 0.103. The van der Waals surface area contributed by atoms with Gasteiger partial charge in [0.15, 0.2) is 6.29 Å². The Morgan fingerprint density at radius 2 is 2.12 bits per heavy atom. The van der Waals surface area contributed by atoms with Gasteiger partial charge in [-0.15, -0.1) is 0 Å². The van der Waals surface area contributed by atoms with Crippen LogP contribution in [0.5, 0.6) is 17.2 Å². The van der Waals surface area contributed by atoms with Crippen LogP contribution in [0.2, 0.25) is 0 Å². The summed E-state index contributed by atoms with van der Waals surface area (Å²) in [6.45, 7) is 0. The Hall–Kier alpha value is -2.77. The monoisotopic (exact) mass is 342 g/mol. The molecule has 2 aliphatic heterocycles. The SMILES string of the molecule is COc1cc2c(c3oc4cccc(O)c4c(=O)c13)C1CC(O)OC1O2. The molecule has 0 saturated carbocycles. The minimum atomic E-state index is -0.920. The first kappa shape index (κ1) is 14.6. The fourth-order valence-electron chi connectivity index (χ4n) is 3.75. The topological polar surface area (TPSA) is 98.4 Å². The fourth-order valence-corrected chi connectivity index (χ4v) is 3.75. The minimum Gasteiger partial charge on any atom is -0.507 e. The van der Waals surface area contributed by atoms with Crippen LogP contribution in [0.15, 0.2) is 33.5 Å². The summed E-state index contributed by atoms with van der Waals surface area (Å²) < 4.78 is 22.4. The van der Waals surface area contributed by atoms with E-state index in [1.165, 1.54) is 13.2 Å². The van der Waals surface area contributed by atoms with E-state index in [-0.39, 0.29) is 33.5 Å². The molecule has 7 heteroatoms. The summed E-state index contributed by atoms with van der Waals surface area (Å²) in [5.41, 5.74) is 0.912. The maximum absolute atomic E-state index is 13.0. The Labute approximate surface area is 141 Å². The maximum atomic E-state index is 13.0. The van der Waals surface area contributed by atoms with Crippen molar-refractivity contribution >= 4 is 21.9 Å². The van der Waals surface area contributed by atoms with Gasteiger partial charge in [-0.2, -0.15) is 0 Å². The molecule has 0 aliphatic carbocycles. The number of rotatable bonds is 1.